The molecule has 2 N–H and O–H groups in total. The van der Waals surface area contributed by atoms with Gasteiger partial charge in [0.15, 0.2) is 0 Å². The van der Waals surface area contributed by atoms with Crippen molar-refractivity contribution in [3.8, 4) is 0 Å². The van der Waals surface area contributed by atoms with Gasteiger partial charge in [-0.3, -0.25) is 4.79 Å². The highest BCUT2D eigenvalue weighted by molar-refractivity contribution is 7.13. The number of aryl methyl sites for hydroxylation is 1. The lowest BCUT2D eigenvalue weighted by atomic mass is 10.1. The molecule has 0 spiro atoms. The Kier molecular flexibility index (Phi) is 4.56. The van der Waals surface area contributed by atoms with Crippen molar-refractivity contribution in [1.82, 2.24) is 20.5 Å². The Bertz CT molecular complexity index is 664. The molecule has 118 valence electrons. The van der Waals surface area contributed by atoms with Crippen molar-refractivity contribution in [3.63, 3.8) is 0 Å². The van der Waals surface area contributed by atoms with Crippen molar-refractivity contribution in [2.45, 2.75) is 25.8 Å². The highest BCUT2D eigenvalue weighted by Gasteiger charge is 2.25. The third-order valence-corrected chi connectivity index (χ3v) is 5.43. The van der Waals surface area contributed by atoms with Crippen LogP contribution < -0.4 is 10.2 Å². The predicted octanol–water partition coefficient (Wildman–Crippen LogP) is 2.88. The first kappa shape index (κ1) is 15.6. The van der Waals surface area contributed by atoms with Gasteiger partial charge in [-0.15, -0.1) is 10.2 Å². The van der Waals surface area contributed by atoms with E-state index in [0.717, 1.165) is 31.1 Å². The summed E-state index contributed by atoms with van der Waals surface area (Å²) in [6.45, 7) is 3.47. The number of H-pyrrole nitrogens is 1. The molecule has 2 aromatic heterocycles. The Morgan fingerprint density at radius 2 is 2.14 bits per heavy atom. The summed E-state index contributed by atoms with van der Waals surface area (Å²) in [5, 5.41) is 12.5. The largest absolute Gasteiger partial charge is 0.352 e. The van der Waals surface area contributed by atoms with E-state index in [9.17, 15) is 4.79 Å². The van der Waals surface area contributed by atoms with Crippen LogP contribution in [-0.2, 0) is 0 Å². The predicted molar refractivity (Wildman–Crippen MR) is 88.2 cm³/mol. The van der Waals surface area contributed by atoms with E-state index < -0.39 is 0 Å². The van der Waals surface area contributed by atoms with Gasteiger partial charge >= 0.3 is 0 Å². The molecule has 0 saturated carbocycles. The van der Waals surface area contributed by atoms with Crippen molar-refractivity contribution >= 4 is 45.6 Å². The Hall–Kier alpha value is -1.31. The third-order valence-electron chi connectivity index (χ3n) is 3.73. The van der Waals surface area contributed by atoms with E-state index in [1.165, 1.54) is 11.3 Å². The van der Waals surface area contributed by atoms with E-state index in [-0.39, 0.29) is 17.0 Å². The van der Waals surface area contributed by atoms with E-state index in [0.29, 0.717) is 16.4 Å². The molecule has 1 amide bonds. The van der Waals surface area contributed by atoms with Crippen LogP contribution in [-0.4, -0.2) is 40.2 Å². The molecule has 0 aliphatic carbocycles. The fraction of sp³-hybridized carbons (Fsp3) is 0.462. The Morgan fingerprint density at radius 1 is 1.41 bits per heavy atom. The molecule has 1 saturated heterocycles. The minimum Gasteiger partial charge on any atom is -0.352 e. The van der Waals surface area contributed by atoms with Gasteiger partial charge in [0.25, 0.3) is 5.91 Å². The fourth-order valence-corrected chi connectivity index (χ4v) is 3.54. The maximum atomic E-state index is 12.3. The van der Waals surface area contributed by atoms with E-state index in [1.54, 1.807) is 12.4 Å². The molecule has 1 aliphatic rings. The average molecular weight is 360 g/mol. The van der Waals surface area contributed by atoms with Crippen LogP contribution in [0.4, 0.5) is 5.13 Å². The molecule has 22 heavy (non-hydrogen) atoms. The quantitative estimate of drug-likeness (QED) is 0.883. The highest BCUT2D eigenvalue weighted by atomic mass is 35.5. The number of piperidine rings is 1. The standard InChI is InChI=1S/C13H15Cl2N5OS/c1-7-9(14)10(15)11(17-7)12(21)18-8-2-4-20(5-3-8)13-19-16-6-22-13/h6,8,17H,2-5H2,1H3,(H,18,21). The van der Waals surface area contributed by atoms with Crippen LogP contribution in [0.25, 0.3) is 0 Å². The number of halogens is 2. The van der Waals surface area contributed by atoms with E-state index in [4.69, 9.17) is 23.2 Å². The van der Waals surface area contributed by atoms with Crippen LogP contribution in [0, 0.1) is 6.92 Å². The number of carbonyl (C=O) groups excluding carboxylic acids is 1. The molecule has 0 radical (unpaired) electrons. The van der Waals surface area contributed by atoms with Crippen LogP contribution in [0.1, 0.15) is 29.0 Å². The van der Waals surface area contributed by atoms with Gasteiger partial charge in [-0.25, -0.2) is 0 Å². The monoisotopic (exact) mass is 359 g/mol. The van der Waals surface area contributed by atoms with Gasteiger partial charge in [-0.2, -0.15) is 0 Å². The number of aromatic nitrogens is 3. The van der Waals surface area contributed by atoms with E-state index >= 15 is 0 Å². The number of carbonyl (C=O) groups is 1. The average Bonchev–Trinajstić information content (AvgIpc) is 3.13. The second-order valence-electron chi connectivity index (χ2n) is 5.21. The summed E-state index contributed by atoms with van der Waals surface area (Å²) in [4.78, 5) is 17.4. The van der Waals surface area contributed by atoms with Gasteiger partial charge in [0.1, 0.15) is 11.2 Å². The smallest absolute Gasteiger partial charge is 0.269 e. The number of nitrogens with zero attached hydrogens (tertiary/aromatic N) is 3. The second kappa shape index (κ2) is 6.44. The molecule has 1 aliphatic heterocycles. The number of aromatic amines is 1. The molecule has 0 unspecified atom stereocenters. The summed E-state index contributed by atoms with van der Waals surface area (Å²) in [5.74, 6) is -0.214. The summed E-state index contributed by atoms with van der Waals surface area (Å²) < 4.78 is 0. The lowest BCUT2D eigenvalue weighted by Gasteiger charge is -2.31. The fourth-order valence-electron chi connectivity index (χ4n) is 2.51. The zero-order chi connectivity index (χ0) is 15.7. The number of hydrogen-bond acceptors (Lipinski definition) is 5. The topological polar surface area (TPSA) is 73.9 Å². The zero-order valence-corrected chi connectivity index (χ0v) is 14.2. The lowest BCUT2D eigenvalue weighted by molar-refractivity contribution is 0.0926. The first-order valence-corrected chi connectivity index (χ1v) is 8.55. The third kappa shape index (κ3) is 3.06. The molecule has 9 heteroatoms. The maximum Gasteiger partial charge on any atom is 0.269 e. The molecule has 6 nitrogen and oxygen atoms in total. The van der Waals surface area contributed by atoms with Gasteiger partial charge in [-0.1, -0.05) is 34.5 Å². The van der Waals surface area contributed by atoms with Crippen molar-refractivity contribution in [2.24, 2.45) is 0 Å². The number of nitrogens with one attached hydrogen (secondary N) is 2. The van der Waals surface area contributed by atoms with E-state index in [1.807, 2.05) is 0 Å². The van der Waals surface area contributed by atoms with Gasteiger partial charge in [-0.05, 0) is 19.8 Å². The van der Waals surface area contributed by atoms with Crippen LogP contribution in [0.5, 0.6) is 0 Å². The summed E-state index contributed by atoms with van der Waals surface area (Å²) in [5.41, 5.74) is 2.75. The SMILES string of the molecule is Cc1[nH]c(C(=O)NC2CCN(c3nncs3)CC2)c(Cl)c1Cl. The molecule has 0 atom stereocenters. The van der Waals surface area contributed by atoms with Crippen LogP contribution >= 0.6 is 34.5 Å². The number of hydrogen-bond donors (Lipinski definition) is 2. The van der Waals surface area contributed by atoms with E-state index in [2.05, 4.69) is 25.4 Å². The van der Waals surface area contributed by atoms with Crippen LogP contribution in [0.3, 0.4) is 0 Å². The molecule has 1 fully saturated rings. The second-order valence-corrected chi connectivity index (χ2v) is 6.78. The lowest BCUT2D eigenvalue weighted by Crippen LogP contribution is -2.44. The minimum absolute atomic E-state index is 0.120. The molecule has 3 heterocycles. The van der Waals surface area contributed by atoms with Gasteiger partial charge in [0.05, 0.1) is 10.0 Å². The number of anilines is 1. The molecule has 2 aromatic rings. The van der Waals surface area contributed by atoms with Crippen LogP contribution in [0.15, 0.2) is 5.51 Å². The molecule has 3 rings (SSSR count). The number of rotatable bonds is 3. The van der Waals surface area contributed by atoms with Crippen molar-refractivity contribution in [3.05, 3.63) is 26.9 Å². The van der Waals surface area contributed by atoms with Crippen molar-refractivity contribution in [2.75, 3.05) is 18.0 Å². The summed E-state index contributed by atoms with van der Waals surface area (Å²) in [7, 11) is 0. The highest BCUT2D eigenvalue weighted by Crippen LogP contribution is 2.29. The summed E-state index contributed by atoms with van der Waals surface area (Å²) in [6, 6.07) is 0.120. The Labute approximate surface area is 141 Å². The van der Waals surface area contributed by atoms with Gasteiger partial charge in [0, 0.05) is 24.8 Å². The van der Waals surface area contributed by atoms with Crippen molar-refractivity contribution < 1.29 is 4.79 Å². The van der Waals surface area contributed by atoms with Gasteiger partial charge in [0.2, 0.25) is 5.13 Å². The zero-order valence-electron chi connectivity index (χ0n) is 11.9. The maximum absolute atomic E-state index is 12.3. The van der Waals surface area contributed by atoms with Gasteiger partial charge < -0.3 is 15.2 Å². The first-order valence-electron chi connectivity index (χ1n) is 6.91. The molecular weight excluding hydrogens is 345 g/mol. The van der Waals surface area contributed by atoms with Crippen LogP contribution in [0.2, 0.25) is 10.0 Å². The Morgan fingerprint density at radius 3 is 2.68 bits per heavy atom. The molecule has 0 bridgehead atoms. The van der Waals surface area contributed by atoms with Crippen molar-refractivity contribution in [1.29, 1.82) is 0 Å². The normalized spacial score (nSPS) is 16.0. The first-order chi connectivity index (χ1) is 10.6. The molecule has 0 aromatic carbocycles. The molecular formula is C13H15Cl2N5OS. The summed E-state index contributed by atoms with van der Waals surface area (Å²) in [6.07, 6.45) is 1.72. The Balaban J connectivity index is 1.58. The summed E-state index contributed by atoms with van der Waals surface area (Å²) >= 11 is 13.6. The minimum atomic E-state index is -0.214. The number of amides is 1.